The maximum atomic E-state index is 10.1. The van der Waals surface area contributed by atoms with Crippen LogP contribution in [0.1, 0.15) is 0 Å². The molecule has 0 saturated heterocycles. The molecule has 0 radical (unpaired) electrons. The first kappa shape index (κ1) is 15.2. The summed E-state index contributed by atoms with van der Waals surface area (Å²) < 4.78 is 9.00. The average molecular weight is 264 g/mol. The summed E-state index contributed by atoms with van der Waals surface area (Å²) in [6, 6.07) is -0.208. The molecule has 8 N–H and O–H groups in total. The molecule has 14 heteroatoms. The number of anilines is 1. The van der Waals surface area contributed by atoms with Crippen LogP contribution in [0.5, 0.6) is 0 Å². The minimum absolute atomic E-state index is 0. The Kier molecular flexibility index (Phi) is 5.63. The van der Waals surface area contributed by atoms with Gasteiger partial charge in [0.15, 0.2) is 5.69 Å². The van der Waals surface area contributed by atoms with Gasteiger partial charge in [0.1, 0.15) is 0 Å². The lowest BCUT2D eigenvalue weighted by molar-refractivity contribution is -0.670. The predicted octanol–water partition coefficient (Wildman–Crippen LogP) is -2.31. The Morgan fingerprint density at radius 1 is 1.39 bits per heavy atom. The van der Waals surface area contributed by atoms with E-state index in [1.54, 1.807) is 0 Å². The fourth-order valence-electron chi connectivity index (χ4n) is 0.792. The van der Waals surface area contributed by atoms with Gasteiger partial charge in [-0.15, -0.1) is 10.5 Å². The van der Waals surface area contributed by atoms with Gasteiger partial charge in [0.25, 0.3) is 5.89 Å². The van der Waals surface area contributed by atoms with Crippen molar-refractivity contribution in [2.75, 3.05) is 5.73 Å². The fraction of sp³-hybridized carbons (Fsp3) is 0. The molecule has 0 aliphatic rings. The van der Waals surface area contributed by atoms with Crippen LogP contribution in [-0.2, 0) is 0 Å². The number of nitrogen functional groups attached to an aromatic ring is 1. The third-order valence-electron chi connectivity index (χ3n) is 1.29. The zero-order chi connectivity index (χ0) is 12.8. The van der Waals surface area contributed by atoms with E-state index in [9.17, 15) is 10.1 Å². The first-order chi connectivity index (χ1) is 8.16. The topological polar surface area (TPSA) is 240 Å². The van der Waals surface area contributed by atoms with E-state index < -0.39 is 5.03 Å². The average Bonchev–Trinajstić information content (AvgIpc) is 2.89. The summed E-state index contributed by atoms with van der Waals surface area (Å²) >= 11 is 0. The molecule has 0 atom stereocenters. The van der Waals surface area contributed by atoms with Crippen LogP contribution in [0.3, 0.4) is 0 Å². The van der Waals surface area contributed by atoms with Crippen LogP contribution < -0.4 is 11.6 Å². The Bertz CT molecular complexity index is 493. The lowest BCUT2D eigenvalue weighted by Crippen LogP contribution is -2.42. The van der Waals surface area contributed by atoms with Gasteiger partial charge in [0.2, 0.25) is 0 Å². The van der Waals surface area contributed by atoms with Crippen LogP contribution in [0.25, 0.3) is 17.0 Å². The summed E-state index contributed by atoms with van der Waals surface area (Å²) in [4.78, 5) is 10.1. The molecule has 0 unspecified atom stereocenters. The monoisotopic (exact) mass is 264 g/mol. The van der Waals surface area contributed by atoms with Gasteiger partial charge in [-0.05, 0) is 0 Å². The van der Waals surface area contributed by atoms with Crippen molar-refractivity contribution in [3.63, 3.8) is 0 Å². The first-order valence-electron chi connectivity index (χ1n) is 3.76. The van der Waals surface area contributed by atoms with Gasteiger partial charge < -0.3 is 20.3 Å². The van der Waals surface area contributed by atoms with E-state index in [2.05, 4.69) is 36.5 Å². The van der Waals surface area contributed by atoms with E-state index >= 15 is 0 Å². The first-order valence-corrected chi connectivity index (χ1v) is 3.76. The molecule has 2 aromatic rings. The smallest absolute Gasteiger partial charge is 0.313 e. The van der Waals surface area contributed by atoms with E-state index in [-0.39, 0.29) is 28.9 Å². The third-order valence-corrected chi connectivity index (χ3v) is 1.29. The molecular formula is C4H8N8O6. The number of rotatable bonds is 3. The lowest BCUT2D eigenvalue weighted by Gasteiger charge is -1.97. The molecule has 0 bridgehead atoms. The summed E-state index contributed by atoms with van der Waals surface area (Å²) in [6.07, 6.45) is 0. The van der Waals surface area contributed by atoms with Crippen molar-refractivity contribution >= 4 is 11.8 Å². The molecule has 0 aliphatic carbocycles. The number of nitrogens with zero attached hydrogens (tertiary/aromatic N) is 6. The van der Waals surface area contributed by atoms with Gasteiger partial charge in [-0.1, -0.05) is 10.3 Å². The Balaban J connectivity index is 0.000000917. The number of quaternary nitrogens is 1. The van der Waals surface area contributed by atoms with E-state index in [0.717, 1.165) is 0 Å². The van der Waals surface area contributed by atoms with Crippen molar-refractivity contribution < 1.29 is 30.7 Å². The molecule has 0 aliphatic heterocycles. The molecule has 0 amide bonds. The largest absolute Gasteiger partial charge is 0.412 e. The summed E-state index contributed by atoms with van der Waals surface area (Å²) in [5.41, 5.74) is 7.90. The van der Waals surface area contributed by atoms with Crippen LogP contribution in [0.2, 0.25) is 0 Å². The number of nitro groups is 1. The second kappa shape index (κ2) is 6.68. The quantitative estimate of drug-likeness (QED) is 0.394. The van der Waals surface area contributed by atoms with Gasteiger partial charge in [-0.25, -0.2) is 11.1 Å². The molecule has 14 nitrogen and oxygen atoms in total. The third kappa shape index (κ3) is 3.33. The van der Waals surface area contributed by atoms with Crippen LogP contribution in [-0.4, -0.2) is 36.2 Å². The van der Waals surface area contributed by atoms with Crippen LogP contribution in [0.15, 0.2) is 9.05 Å². The van der Waals surface area contributed by atoms with E-state index in [0.29, 0.717) is 0 Å². The summed E-state index contributed by atoms with van der Waals surface area (Å²) in [7, 11) is 0. The molecule has 0 fully saturated rings. The highest BCUT2D eigenvalue weighted by atomic mass is 16.7. The minimum Gasteiger partial charge on any atom is -0.412 e. The SMILES string of the molecule is Nc1nnc(-c2nonc2[N-][N+](=O)[O-])o1.O.[NH3+]O. The van der Waals surface area contributed by atoms with Crippen molar-refractivity contribution in [2.45, 2.75) is 0 Å². The number of aromatic nitrogens is 4. The molecule has 0 saturated carbocycles. The van der Waals surface area contributed by atoms with Crippen molar-refractivity contribution in [1.29, 1.82) is 0 Å². The van der Waals surface area contributed by atoms with Gasteiger partial charge >= 0.3 is 6.01 Å². The molecular weight excluding hydrogens is 256 g/mol. The van der Waals surface area contributed by atoms with Crippen molar-refractivity contribution in [2.24, 2.45) is 0 Å². The Morgan fingerprint density at radius 2 is 2.06 bits per heavy atom. The zero-order valence-corrected chi connectivity index (χ0v) is 8.55. The second-order valence-electron chi connectivity index (χ2n) is 2.22. The maximum Gasteiger partial charge on any atom is 0.313 e. The van der Waals surface area contributed by atoms with E-state index in [1.807, 2.05) is 0 Å². The molecule has 0 spiro atoms. The van der Waals surface area contributed by atoms with Gasteiger partial charge in [-0.2, -0.15) is 0 Å². The summed E-state index contributed by atoms with van der Waals surface area (Å²) in [5, 5.41) is 29.2. The van der Waals surface area contributed by atoms with Crippen LogP contribution >= 0.6 is 0 Å². The van der Waals surface area contributed by atoms with E-state index in [4.69, 9.17) is 15.4 Å². The van der Waals surface area contributed by atoms with Crippen molar-refractivity contribution in [1.82, 2.24) is 20.5 Å². The minimum atomic E-state index is -0.956. The molecule has 18 heavy (non-hydrogen) atoms. The highest BCUT2D eigenvalue weighted by Crippen LogP contribution is 2.28. The van der Waals surface area contributed by atoms with Gasteiger partial charge in [0, 0.05) is 0 Å². The number of hydrogen-bond donors (Lipinski definition) is 3. The predicted molar refractivity (Wildman–Crippen MR) is 50.3 cm³/mol. The van der Waals surface area contributed by atoms with E-state index in [1.165, 1.54) is 0 Å². The summed E-state index contributed by atoms with van der Waals surface area (Å²) in [5.74, 6) is 1.72. The fourth-order valence-corrected chi connectivity index (χ4v) is 0.792. The maximum absolute atomic E-state index is 10.1. The molecule has 0 aromatic carbocycles. The highest BCUT2D eigenvalue weighted by molar-refractivity contribution is 5.64. The standard InChI is InChI=1S/C4H2N7O4.H4NO.H2O/c5-4-7-6-3(14-4)1-2(8-11(12)13)10-15-9-1;1-2;/h(H2-,5,7,8,10);2H,1H3;1H2/q-1;+1;. The van der Waals surface area contributed by atoms with Crippen molar-refractivity contribution in [3.05, 3.63) is 15.5 Å². The summed E-state index contributed by atoms with van der Waals surface area (Å²) in [6.45, 7) is 0. The number of nitrogens with two attached hydrogens (primary N) is 1. The number of hydrogen-bond acceptors (Lipinski definition) is 10. The highest BCUT2D eigenvalue weighted by Gasteiger charge is 2.14. The zero-order valence-electron chi connectivity index (χ0n) is 8.55. The Hall–Kier alpha value is -2.84. The van der Waals surface area contributed by atoms with Gasteiger partial charge in [-0.3, -0.25) is 15.3 Å². The Labute approximate surface area is 96.9 Å². The lowest BCUT2D eigenvalue weighted by atomic mass is 10.4. The molecule has 2 aromatic heterocycles. The van der Waals surface area contributed by atoms with Crippen LogP contribution in [0, 0.1) is 10.1 Å². The van der Waals surface area contributed by atoms with Gasteiger partial charge in [0.05, 0.1) is 10.9 Å². The molecule has 2 rings (SSSR count). The van der Waals surface area contributed by atoms with Crippen LogP contribution in [0.4, 0.5) is 11.8 Å². The molecule has 100 valence electrons. The second-order valence-corrected chi connectivity index (χ2v) is 2.22. The van der Waals surface area contributed by atoms with Crippen molar-refractivity contribution in [3.8, 4) is 11.6 Å². The molecule has 2 heterocycles. The normalized spacial score (nSPS) is 8.78. The Morgan fingerprint density at radius 3 is 2.56 bits per heavy atom.